The van der Waals surface area contributed by atoms with Gasteiger partial charge in [-0.15, -0.1) is 0 Å². The smallest absolute Gasteiger partial charge is 0.255 e. The van der Waals surface area contributed by atoms with Crippen molar-refractivity contribution in [2.75, 3.05) is 11.9 Å². The van der Waals surface area contributed by atoms with Gasteiger partial charge in [0.15, 0.2) is 0 Å². The number of anilines is 1. The minimum absolute atomic E-state index is 0.174. The Hall–Kier alpha value is -2.57. The summed E-state index contributed by atoms with van der Waals surface area (Å²) in [5.41, 5.74) is 2.98. The maximum Gasteiger partial charge on any atom is 0.255 e. The van der Waals surface area contributed by atoms with Crippen LogP contribution in [-0.4, -0.2) is 17.6 Å². The van der Waals surface area contributed by atoms with Gasteiger partial charge < -0.3 is 10.4 Å². The molecule has 0 aromatic heterocycles. The van der Waals surface area contributed by atoms with Crippen LogP contribution in [0.3, 0.4) is 0 Å². The number of aliphatic hydroxyl groups is 1. The van der Waals surface area contributed by atoms with Crippen molar-refractivity contribution in [3.63, 3.8) is 0 Å². The second kappa shape index (κ2) is 6.55. The van der Waals surface area contributed by atoms with Gasteiger partial charge in [0.05, 0.1) is 0 Å². The third-order valence-electron chi connectivity index (χ3n) is 2.68. The monoisotopic (exact) mass is 265 g/mol. The minimum atomic E-state index is -0.195. The molecule has 3 nitrogen and oxygen atoms in total. The normalized spacial score (nSPS) is 9.50. The van der Waals surface area contributed by atoms with Crippen molar-refractivity contribution in [3.05, 3.63) is 65.2 Å². The molecular formula is C17H15NO2. The maximum absolute atomic E-state index is 12.2. The van der Waals surface area contributed by atoms with Gasteiger partial charge in [0, 0.05) is 16.8 Å². The predicted molar refractivity (Wildman–Crippen MR) is 79.5 cm³/mol. The van der Waals surface area contributed by atoms with Crippen LogP contribution in [0.2, 0.25) is 0 Å². The van der Waals surface area contributed by atoms with Crippen LogP contribution in [0.5, 0.6) is 0 Å². The van der Waals surface area contributed by atoms with Crippen LogP contribution in [0.15, 0.2) is 48.5 Å². The Kier molecular flexibility index (Phi) is 4.54. The summed E-state index contributed by atoms with van der Waals surface area (Å²) in [4.78, 5) is 12.2. The molecule has 20 heavy (non-hydrogen) atoms. The molecule has 2 aromatic rings. The summed E-state index contributed by atoms with van der Waals surface area (Å²) < 4.78 is 0. The van der Waals surface area contributed by atoms with E-state index in [2.05, 4.69) is 17.2 Å². The van der Waals surface area contributed by atoms with Gasteiger partial charge in [-0.25, -0.2) is 0 Å². The Bertz CT molecular complexity index is 666. The van der Waals surface area contributed by atoms with Gasteiger partial charge in [0.2, 0.25) is 0 Å². The Balaban J connectivity index is 2.23. The van der Waals surface area contributed by atoms with E-state index in [0.29, 0.717) is 5.56 Å². The lowest BCUT2D eigenvalue weighted by Gasteiger charge is -2.06. The minimum Gasteiger partial charge on any atom is -0.384 e. The van der Waals surface area contributed by atoms with E-state index in [-0.39, 0.29) is 12.5 Å². The van der Waals surface area contributed by atoms with Crippen molar-refractivity contribution < 1.29 is 9.90 Å². The summed E-state index contributed by atoms with van der Waals surface area (Å²) in [5.74, 6) is 5.22. The number of carbonyl (C=O) groups excluding carboxylic acids is 1. The first-order valence-electron chi connectivity index (χ1n) is 6.27. The van der Waals surface area contributed by atoms with E-state index in [9.17, 15) is 4.79 Å². The number of para-hydroxylation sites is 1. The number of amides is 1. The number of carbonyl (C=O) groups is 1. The van der Waals surface area contributed by atoms with E-state index in [1.54, 1.807) is 6.07 Å². The zero-order valence-corrected chi connectivity index (χ0v) is 11.2. The zero-order valence-electron chi connectivity index (χ0n) is 11.2. The number of rotatable bonds is 2. The molecule has 0 radical (unpaired) electrons. The van der Waals surface area contributed by atoms with Gasteiger partial charge in [-0.1, -0.05) is 30.0 Å². The first-order chi connectivity index (χ1) is 9.69. The van der Waals surface area contributed by atoms with Gasteiger partial charge >= 0.3 is 0 Å². The van der Waals surface area contributed by atoms with E-state index in [4.69, 9.17) is 5.11 Å². The van der Waals surface area contributed by atoms with E-state index >= 15 is 0 Å². The van der Waals surface area contributed by atoms with Crippen LogP contribution in [0.4, 0.5) is 5.69 Å². The quantitative estimate of drug-likeness (QED) is 0.820. The Morgan fingerprint density at radius 2 is 1.95 bits per heavy atom. The van der Waals surface area contributed by atoms with Crippen LogP contribution in [0.25, 0.3) is 0 Å². The second-order valence-electron chi connectivity index (χ2n) is 4.37. The lowest BCUT2D eigenvalue weighted by Crippen LogP contribution is -2.12. The lowest BCUT2D eigenvalue weighted by molar-refractivity contribution is 0.102. The highest BCUT2D eigenvalue weighted by Gasteiger charge is 2.07. The van der Waals surface area contributed by atoms with Gasteiger partial charge in [0.1, 0.15) is 6.61 Å². The molecule has 0 fully saturated rings. The molecule has 0 saturated heterocycles. The summed E-state index contributed by atoms with van der Waals surface area (Å²) in [6.45, 7) is 1.71. The molecule has 0 aliphatic carbocycles. The van der Waals surface area contributed by atoms with E-state index in [0.717, 1.165) is 16.8 Å². The average Bonchev–Trinajstić information content (AvgIpc) is 2.45. The first-order valence-corrected chi connectivity index (χ1v) is 6.27. The summed E-state index contributed by atoms with van der Waals surface area (Å²) in [7, 11) is 0. The fourth-order valence-electron chi connectivity index (χ4n) is 1.85. The predicted octanol–water partition coefficient (Wildman–Crippen LogP) is 2.59. The number of benzene rings is 2. The number of hydrogen-bond acceptors (Lipinski definition) is 2. The number of aliphatic hydroxyl groups excluding tert-OH is 1. The van der Waals surface area contributed by atoms with E-state index in [1.807, 2.05) is 49.4 Å². The number of hydrogen-bond donors (Lipinski definition) is 2. The molecule has 2 N–H and O–H groups in total. The van der Waals surface area contributed by atoms with Crippen LogP contribution < -0.4 is 5.32 Å². The van der Waals surface area contributed by atoms with Gasteiger partial charge in [-0.05, 0) is 42.8 Å². The lowest BCUT2D eigenvalue weighted by atomic mass is 10.1. The van der Waals surface area contributed by atoms with Crippen molar-refractivity contribution in [2.24, 2.45) is 0 Å². The third kappa shape index (κ3) is 3.71. The topological polar surface area (TPSA) is 49.3 Å². The van der Waals surface area contributed by atoms with Crippen molar-refractivity contribution in [2.45, 2.75) is 6.92 Å². The van der Waals surface area contributed by atoms with Gasteiger partial charge in [0.25, 0.3) is 5.91 Å². The highest BCUT2D eigenvalue weighted by molar-refractivity contribution is 6.04. The molecule has 0 heterocycles. The van der Waals surface area contributed by atoms with E-state index in [1.165, 1.54) is 0 Å². The summed E-state index contributed by atoms with van der Waals surface area (Å²) in [6, 6.07) is 14.7. The Morgan fingerprint density at radius 1 is 1.20 bits per heavy atom. The molecule has 0 bridgehead atoms. The molecule has 0 unspecified atom stereocenters. The number of aryl methyl sites for hydroxylation is 1. The molecular weight excluding hydrogens is 250 g/mol. The van der Waals surface area contributed by atoms with Gasteiger partial charge in [-0.3, -0.25) is 4.79 Å². The standard InChI is InChI=1S/C17H15NO2/c1-13-10-14(6-5-9-19)12-15(11-13)17(20)18-16-7-3-2-4-8-16/h2-4,7-8,10-12,19H,9H2,1H3,(H,18,20). The van der Waals surface area contributed by atoms with Crippen molar-refractivity contribution in [3.8, 4) is 11.8 Å². The SMILES string of the molecule is Cc1cc(C#CCO)cc(C(=O)Nc2ccccc2)c1. The Morgan fingerprint density at radius 3 is 2.65 bits per heavy atom. The van der Waals surface area contributed by atoms with Gasteiger partial charge in [-0.2, -0.15) is 0 Å². The zero-order chi connectivity index (χ0) is 14.4. The summed E-state index contributed by atoms with van der Waals surface area (Å²) in [6.07, 6.45) is 0. The molecule has 3 heteroatoms. The summed E-state index contributed by atoms with van der Waals surface area (Å²) in [5, 5.41) is 11.5. The summed E-state index contributed by atoms with van der Waals surface area (Å²) >= 11 is 0. The molecule has 2 aromatic carbocycles. The first kappa shape index (κ1) is 13.9. The average molecular weight is 265 g/mol. The maximum atomic E-state index is 12.2. The van der Waals surface area contributed by atoms with E-state index < -0.39 is 0 Å². The number of nitrogens with one attached hydrogen (secondary N) is 1. The van der Waals surface area contributed by atoms with Crippen molar-refractivity contribution in [1.82, 2.24) is 0 Å². The van der Waals surface area contributed by atoms with Crippen LogP contribution >= 0.6 is 0 Å². The highest BCUT2D eigenvalue weighted by atomic mass is 16.2. The van der Waals surface area contributed by atoms with Crippen LogP contribution in [-0.2, 0) is 0 Å². The van der Waals surface area contributed by atoms with Crippen LogP contribution in [0.1, 0.15) is 21.5 Å². The Labute approximate surface area is 118 Å². The van der Waals surface area contributed by atoms with Crippen molar-refractivity contribution in [1.29, 1.82) is 0 Å². The molecule has 1 amide bonds. The molecule has 0 aliphatic rings. The molecule has 0 spiro atoms. The largest absolute Gasteiger partial charge is 0.384 e. The van der Waals surface area contributed by atoms with Crippen molar-refractivity contribution >= 4 is 11.6 Å². The molecule has 0 aliphatic heterocycles. The molecule has 0 atom stereocenters. The second-order valence-corrected chi connectivity index (χ2v) is 4.37. The third-order valence-corrected chi connectivity index (χ3v) is 2.68. The van der Waals surface area contributed by atoms with Crippen LogP contribution in [0, 0.1) is 18.8 Å². The fraction of sp³-hybridized carbons (Fsp3) is 0.118. The molecule has 2 rings (SSSR count). The highest BCUT2D eigenvalue weighted by Crippen LogP contribution is 2.12. The fourth-order valence-corrected chi connectivity index (χ4v) is 1.85. The molecule has 0 saturated carbocycles. The molecule has 100 valence electrons.